The first-order valence-electron chi connectivity index (χ1n) is 8.59. The third-order valence-electron chi connectivity index (χ3n) is 4.08. The summed E-state index contributed by atoms with van der Waals surface area (Å²) >= 11 is 0. The molecule has 130 valence electrons. The van der Waals surface area contributed by atoms with Gasteiger partial charge in [-0.1, -0.05) is 50.6 Å². The predicted molar refractivity (Wildman–Crippen MR) is 103 cm³/mol. The summed E-state index contributed by atoms with van der Waals surface area (Å²) in [4.78, 5) is 17.2. The number of carbonyl (C=O) groups excluding carboxylic acids is 1. The Bertz CT molecular complexity index is 932. The maximum absolute atomic E-state index is 12.5. The van der Waals surface area contributed by atoms with Gasteiger partial charge in [-0.2, -0.15) is 0 Å². The number of nitrogens with zero attached hydrogens (tertiary/aromatic N) is 2. The van der Waals surface area contributed by atoms with Crippen molar-refractivity contribution in [2.45, 2.75) is 41.0 Å². The molecule has 0 saturated heterocycles. The van der Waals surface area contributed by atoms with Gasteiger partial charge in [0.05, 0.1) is 5.69 Å². The number of nitrogens with one attached hydrogen (secondary N) is 1. The number of fused-ring (bicyclic) bond motifs is 1. The summed E-state index contributed by atoms with van der Waals surface area (Å²) in [6.07, 6.45) is 0.451. The normalized spacial score (nSPS) is 11.7. The number of benzene rings is 1. The van der Waals surface area contributed by atoms with E-state index in [2.05, 4.69) is 73.6 Å². The fourth-order valence-electron chi connectivity index (χ4n) is 3.06. The average molecular weight is 335 g/mol. The van der Waals surface area contributed by atoms with Crippen LogP contribution in [0.2, 0.25) is 0 Å². The molecule has 4 nitrogen and oxygen atoms in total. The van der Waals surface area contributed by atoms with E-state index in [1.54, 1.807) is 0 Å². The molecule has 1 N–H and O–H groups in total. The monoisotopic (exact) mass is 335 g/mol. The minimum atomic E-state index is -0.0668. The molecule has 2 heterocycles. The van der Waals surface area contributed by atoms with Gasteiger partial charge in [-0.3, -0.25) is 9.20 Å². The zero-order valence-electron chi connectivity index (χ0n) is 15.6. The average Bonchev–Trinajstić information content (AvgIpc) is 2.84. The van der Waals surface area contributed by atoms with Crippen molar-refractivity contribution < 1.29 is 4.79 Å². The number of aryl methyl sites for hydroxylation is 2. The molecule has 2 aromatic heterocycles. The number of hydrogen-bond donors (Lipinski definition) is 1. The van der Waals surface area contributed by atoms with Gasteiger partial charge in [-0.15, -0.1) is 0 Å². The molecule has 1 amide bonds. The van der Waals surface area contributed by atoms with E-state index in [4.69, 9.17) is 0 Å². The Kier molecular flexibility index (Phi) is 4.38. The Morgan fingerprint density at radius 2 is 1.84 bits per heavy atom. The Labute approximate surface area is 148 Å². The summed E-state index contributed by atoms with van der Waals surface area (Å²) in [5, 5.41) is 3.03. The first-order chi connectivity index (χ1) is 11.7. The van der Waals surface area contributed by atoms with Crippen molar-refractivity contribution in [2.24, 2.45) is 5.41 Å². The standard InChI is InChI=1S/C21H25N3O/c1-14-8-6-10-16(12-14)19-20(23-18(25)13-21(3,4)5)22-17-11-7-9-15(2)24(17)19/h6-12H,13H2,1-5H3,(H,23,25). The largest absolute Gasteiger partial charge is 0.309 e. The van der Waals surface area contributed by atoms with Crippen LogP contribution >= 0.6 is 0 Å². The summed E-state index contributed by atoms with van der Waals surface area (Å²) in [5.74, 6) is 0.608. The van der Waals surface area contributed by atoms with Crippen LogP contribution in [0, 0.1) is 19.3 Å². The molecule has 1 aromatic carbocycles. The Morgan fingerprint density at radius 3 is 2.52 bits per heavy atom. The highest BCUT2D eigenvalue weighted by atomic mass is 16.1. The van der Waals surface area contributed by atoms with Gasteiger partial charge < -0.3 is 5.32 Å². The van der Waals surface area contributed by atoms with E-state index < -0.39 is 0 Å². The Hall–Kier alpha value is -2.62. The lowest BCUT2D eigenvalue weighted by Gasteiger charge is -2.17. The van der Waals surface area contributed by atoms with Crippen LogP contribution in [-0.2, 0) is 4.79 Å². The van der Waals surface area contributed by atoms with E-state index in [1.807, 2.05) is 18.2 Å². The summed E-state index contributed by atoms with van der Waals surface area (Å²) in [6.45, 7) is 10.3. The zero-order chi connectivity index (χ0) is 18.2. The molecule has 0 atom stereocenters. The molecule has 3 rings (SSSR count). The van der Waals surface area contributed by atoms with E-state index in [0.717, 1.165) is 22.6 Å². The quantitative estimate of drug-likeness (QED) is 0.732. The van der Waals surface area contributed by atoms with Gasteiger partial charge in [0.2, 0.25) is 5.91 Å². The number of anilines is 1. The molecular weight excluding hydrogens is 310 g/mol. The highest BCUT2D eigenvalue weighted by Gasteiger charge is 2.21. The molecule has 0 aliphatic carbocycles. The minimum absolute atomic E-state index is 0.0116. The highest BCUT2D eigenvalue weighted by molar-refractivity contribution is 5.94. The van der Waals surface area contributed by atoms with Crippen LogP contribution in [0.5, 0.6) is 0 Å². The van der Waals surface area contributed by atoms with Crippen LogP contribution in [0.4, 0.5) is 5.82 Å². The van der Waals surface area contributed by atoms with Gasteiger partial charge in [0, 0.05) is 17.7 Å². The number of pyridine rings is 1. The molecule has 0 saturated carbocycles. The maximum atomic E-state index is 12.5. The molecule has 0 fully saturated rings. The molecule has 25 heavy (non-hydrogen) atoms. The van der Waals surface area contributed by atoms with E-state index in [0.29, 0.717) is 12.2 Å². The van der Waals surface area contributed by atoms with Crippen LogP contribution in [0.25, 0.3) is 16.9 Å². The van der Waals surface area contributed by atoms with Crippen LogP contribution in [0.15, 0.2) is 42.5 Å². The number of amides is 1. The van der Waals surface area contributed by atoms with Crippen molar-refractivity contribution in [3.63, 3.8) is 0 Å². The van der Waals surface area contributed by atoms with Crippen molar-refractivity contribution in [1.29, 1.82) is 0 Å². The van der Waals surface area contributed by atoms with Crippen molar-refractivity contribution in [3.8, 4) is 11.3 Å². The summed E-state index contributed by atoms with van der Waals surface area (Å²) in [5.41, 5.74) is 5.00. The third kappa shape index (κ3) is 3.73. The smallest absolute Gasteiger partial charge is 0.226 e. The third-order valence-corrected chi connectivity index (χ3v) is 4.08. The van der Waals surface area contributed by atoms with Gasteiger partial charge in [-0.25, -0.2) is 4.98 Å². The number of imidazole rings is 1. The number of hydrogen-bond acceptors (Lipinski definition) is 2. The Morgan fingerprint density at radius 1 is 1.12 bits per heavy atom. The van der Waals surface area contributed by atoms with Crippen LogP contribution in [0.3, 0.4) is 0 Å². The fourth-order valence-corrected chi connectivity index (χ4v) is 3.06. The summed E-state index contributed by atoms with van der Waals surface area (Å²) < 4.78 is 2.10. The molecular formula is C21H25N3O. The number of rotatable bonds is 3. The molecule has 0 aliphatic rings. The van der Waals surface area contributed by atoms with Gasteiger partial charge in [0.15, 0.2) is 5.82 Å². The number of aromatic nitrogens is 2. The van der Waals surface area contributed by atoms with Crippen LogP contribution in [-0.4, -0.2) is 15.3 Å². The summed E-state index contributed by atoms with van der Waals surface area (Å²) in [7, 11) is 0. The Balaban J connectivity index is 2.13. The molecule has 0 spiro atoms. The van der Waals surface area contributed by atoms with Gasteiger partial charge in [0.25, 0.3) is 0 Å². The SMILES string of the molecule is Cc1cccc(-c2c(NC(=O)CC(C)(C)C)nc3cccc(C)n23)c1. The zero-order valence-corrected chi connectivity index (χ0v) is 15.6. The van der Waals surface area contributed by atoms with Gasteiger partial charge in [-0.05, 0) is 37.5 Å². The molecule has 0 bridgehead atoms. The molecule has 4 heteroatoms. The maximum Gasteiger partial charge on any atom is 0.226 e. The van der Waals surface area contributed by atoms with E-state index in [-0.39, 0.29) is 11.3 Å². The second kappa shape index (κ2) is 6.36. The van der Waals surface area contributed by atoms with E-state index in [9.17, 15) is 4.79 Å². The van der Waals surface area contributed by atoms with Crippen molar-refractivity contribution in [1.82, 2.24) is 9.38 Å². The fraction of sp³-hybridized carbons (Fsp3) is 0.333. The first kappa shape index (κ1) is 17.2. The lowest BCUT2D eigenvalue weighted by molar-refractivity contribution is -0.117. The number of carbonyl (C=O) groups is 1. The predicted octanol–water partition coefficient (Wildman–Crippen LogP) is 4.99. The van der Waals surface area contributed by atoms with Crippen molar-refractivity contribution in [3.05, 3.63) is 53.7 Å². The van der Waals surface area contributed by atoms with E-state index in [1.165, 1.54) is 5.56 Å². The van der Waals surface area contributed by atoms with Gasteiger partial charge >= 0.3 is 0 Å². The topological polar surface area (TPSA) is 46.4 Å². The molecule has 0 radical (unpaired) electrons. The first-order valence-corrected chi connectivity index (χ1v) is 8.59. The highest BCUT2D eigenvalue weighted by Crippen LogP contribution is 2.31. The van der Waals surface area contributed by atoms with Gasteiger partial charge in [0.1, 0.15) is 5.65 Å². The minimum Gasteiger partial charge on any atom is -0.309 e. The van der Waals surface area contributed by atoms with E-state index >= 15 is 0 Å². The van der Waals surface area contributed by atoms with Crippen LogP contribution in [0.1, 0.15) is 38.4 Å². The van der Waals surface area contributed by atoms with Crippen molar-refractivity contribution in [2.75, 3.05) is 5.32 Å². The molecule has 0 aliphatic heterocycles. The lowest BCUT2D eigenvalue weighted by Crippen LogP contribution is -2.20. The second-order valence-corrected chi connectivity index (χ2v) is 7.82. The summed E-state index contributed by atoms with van der Waals surface area (Å²) in [6, 6.07) is 14.3. The molecule has 3 aromatic rings. The second-order valence-electron chi connectivity index (χ2n) is 7.82. The van der Waals surface area contributed by atoms with Crippen LogP contribution < -0.4 is 5.32 Å². The van der Waals surface area contributed by atoms with Crippen molar-refractivity contribution >= 4 is 17.4 Å². The lowest BCUT2D eigenvalue weighted by atomic mass is 9.92. The molecule has 0 unspecified atom stereocenters.